The van der Waals surface area contributed by atoms with Gasteiger partial charge in [-0.05, 0) is 30.3 Å². The Labute approximate surface area is 128 Å². The second kappa shape index (κ2) is 7.42. The van der Waals surface area contributed by atoms with Crippen molar-refractivity contribution in [2.45, 2.75) is 6.92 Å². The van der Waals surface area contributed by atoms with Crippen molar-refractivity contribution < 1.29 is 27.7 Å². The Hall–Kier alpha value is -2.37. The van der Waals surface area contributed by atoms with Crippen molar-refractivity contribution in [3.63, 3.8) is 0 Å². The molecular weight excluding hydrogens is 290 g/mol. The molecule has 0 bridgehead atoms. The molecule has 2 aromatic carbocycles. The van der Waals surface area contributed by atoms with Crippen molar-refractivity contribution in [3.05, 3.63) is 54.1 Å². The lowest BCUT2D eigenvalue weighted by Crippen LogP contribution is -3.00. The van der Waals surface area contributed by atoms with E-state index in [4.69, 9.17) is 0 Å². The molecule has 21 heavy (non-hydrogen) atoms. The van der Waals surface area contributed by atoms with E-state index in [1.807, 2.05) is 18.2 Å². The highest BCUT2D eigenvalue weighted by molar-refractivity contribution is 6.05. The van der Waals surface area contributed by atoms with Crippen LogP contribution in [0.1, 0.15) is 17.3 Å². The lowest BCUT2D eigenvalue weighted by Gasteiger charge is -2.07. The van der Waals surface area contributed by atoms with Crippen molar-refractivity contribution in [2.24, 2.45) is 0 Å². The molecule has 0 aliphatic rings. The molecule has 0 unspecified atom stereocenters. The van der Waals surface area contributed by atoms with Gasteiger partial charge in [0.2, 0.25) is 5.91 Å². The SMILES string of the molecule is CC(=O)Nc1ccc(C(=O)Nc2ccccc2[NH3+])cc1.[Cl-]. The summed E-state index contributed by atoms with van der Waals surface area (Å²) in [7, 11) is 0. The van der Waals surface area contributed by atoms with Gasteiger partial charge in [-0.15, -0.1) is 0 Å². The number of hydrogen-bond donors (Lipinski definition) is 3. The van der Waals surface area contributed by atoms with E-state index in [-0.39, 0.29) is 24.2 Å². The zero-order valence-electron chi connectivity index (χ0n) is 11.5. The number of para-hydroxylation sites is 1. The van der Waals surface area contributed by atoms with Crippen LogP contribution in [0.4, 0.5) is 17.1 Å². The highest BCUT2D eigenvalue weighted by atomic mass is 35.5. The molecule has 6 heteroatoms. The van der Waals surface area contributed by atoms with Crippen molar-refractivity contribution in [3.8, 4) is 0 Å². The summed E-state index contributed by atoms with van der Waals surface area (Å²) in [5, 5.41) is 5.45. The van der Waals surface area contributed by atoms with Crippen LogP contribution in [0.15, 0.2) is 48.5 Å². The molecule has 2 aromatic rings. The van der Waals surface area contributed by atoms with Crippen LogP contribution in [0.5, 0.6) is 0 Å². The molecule has 110 valence electrons. The van der Waals surface area contributed by atoms with Gasteiger partial charge in [-0.2, -0.15) is 0 Å². The topological polar surface area (TPSA) is 85.8 Å². The highest BCUT2D eigenvalue weighted by Gasteiger charge is 2.09. The molecule has 0 saturated carbocycles. The lowest BCUT2D eigenvalue weighted by atomic mass is 10.2. The largest absolute Gasteiger partial charge is 1.00 e. The van der Waals surface area contributed by atoms with Crippen LogP contribution in [0.25, 0.3) is 0 Å². The number of halogens is 1. The molecule has 2 amide bonds. The van der Waals surface area contributed by atoms with E-state index in [0.29, 0.717) is 16.9 Å². The fourth-order valence-electron chi connectivity index (χ4n) is 1.74. The van der Waals surface area contributed by atoms with Gasteiger partial charge in [0.15, 0.2) is 5.69 Å². The van der Waals surface area contributed by atoms with Gasteiger partial charge in [0, 0.05) is 24.2 Å². The summed E-state index contributed by atoms with van der Waals surface area (Å²) in [6, 6.07) is 14.0. The van der Waals surface area contributed by atoms with E-state index in [2.05, 4.69) is 16.4 Å². The Morgan fingerprint density at radius 3 is 2.14 bits per heavy atom. The first-order valence-corrected chi connectivity index (χ1v) is 6.16. The number of carbonyl (C=O) groups excluding carboxylic acids is 2. The zero-order chi connectivity index (χ0) is 14.5. The number of nitrogens with one attached hydrogen (secondary N) is 2. The molecule has 0 aliphatic carbocycles. The predicted molar refractivity (Wildman–Crippen MR) is 77.7 cm³/mol. The van der Waals surface area contributed by atoms with E-state index in [9.17, 15) is 9.59 Å². The van der Waals surface area contributed by atoms with Gasteiger partial charge in [0.05, 0.1) is 0 Å². The first-order chi connectivity index (χ1) is 9.56. The molecule has 0 atom stereocenters. The summed E-state index contributed by atoms with van der Waals surface area (Å²) in [6.07, 6.45) is 0. The van der Waals surface area contributed by atoms with E-state index in [1.165, 1.54) is 6.92 Å². The molecule has 0 aliphatic heterocycles. The van der Waals surface area contributed by atoms with Gasteiger partial charge in [0.25, 0.3) is 5.91 Å². The molecule has 0 radical (unpaired) electrons. The number of amides is 2. The Kier molecular flexibility index (Phi) is 5.90. The van der Waals surface area contributed by atoms with Crippen molar-refractivity contribution in [1.29, 1.82) is 0 Å². The van der Waals surface area contributed by atoms with Crippen LogP contribution in [-0.4, -0.2) is 11.8 Å². The number of rotatable bonds is 3. The van der Waals surface area contributed by atoms with Crippen LogP contribution < -0.4 is 28.8 Å². The average molecular weight is 306 g/mol. The molecular formula is C15H16ClN3O2. The molecule has 0 spiro atoms. The summed E-state index contributed by atoms with van der Waals surface area (Å²) >= 11 is 0. The van der Waals surface area contributed by atoms with Crippen LogP contribution >= 0.6 is 0 Å². The molecule has 5 nitrogen and oxygen atoms in total. The maximum Gasteiger partial charge on any atom is 0.255 e. The molecule has 0 heterocycles. The summed E-state index contributed by atoms with van der Waals surface area (Å²) < 4.78 is 0. The normalized spacial score (nSPS) is 9.43. The van der Waals surface area contributed by atoms with E-state index >= 15 is 0 Å². The van der Waals surface area contributed by atoms with Crippen LogP contribution in [-0.2, 0) is 4.79 Å². The first kappa shape index (κ1) is 16.7. The van der Waals surface area contributed by atoms with Crippen molar-refractivity contribution >= 4 is 28.9 Å². The zero-order valence-corrected chi connectivity index (χ0v) is 12.3. The third-order valence-corrected chi connectivity index (χ3v) is 2.73. The third kappa shape index (κ3) is 4.59. The van der Waals surface area contributed by atoms with Crippen LogP contribution in [0.2, 0.25) is 0 Å². The Balaban J connectivity index is 0.00000220. The smallest absolute Gasteiger partial charge is 0.255 e. The Bertz CT molecular complexity index is 642. The second-order valence-electron chi connectivity index (χ2n) is 4.37. The predicted octanol–water partition coefficient (Wildman–Crippen LogP) is -1.23. The Morgan fingerprint density at radius 2 is 1.57 bits per heavy atom. The fourth-order valence-corrected chi connectivity index (χ4v) is 1.74. The number of quaternary nitrogens is 1. The summed E-state index contributed by atoms with van der Waals surface area (Å²) in [5.74, 6) is -0.358. The maximum absolute atomic E-state index is 12.1. The van der Waals surface area contributed by atoms with E-state index < -0.39 is 0 Å². The quantitative estimate of drug-likeness (QED) is 0.663. The maximum atomic E-state index is 12.1. The summed E-state index contributed by atoms with van der Waals surface area (Å²) in [6.45, 7) is 1.44. The number of anilines is 2. The first-order valence-electron chi connectivity index (χ1n) is 6.16. The number of carbonyl (C=O) groups is 2. The van der Waals surface area contributed by atoms with Gasteiger partial charge >= 0.3 is 0 Å². The third-order valence-electron chi connectivity index (χ3n) is 2.73. The molecule has 5 N–H and O–H groups in total. The lowest BCUT2D eigenvalue weighted by molar-refractivity contribution is -0.253. The average Bonchev–Trinajstić information content (AvgIpc) is 2.41. The fraction of sp³-hybridized carbons (Fsp3) is 0.0667. The van der Waals surface area contributed by atoms with Gasteiger partial charge in [-0.25, -0.2) is 0 Å². The molecule has 0 saturated heterocycles. The standard InChI is InChI=1S/C15H15N3O2.ClH/c1-10(19)17-12-8-6-11(7-9-12)15(20)18-14-5-3-2-4-13(14)16;/h2-9H,16H2,1H3,(H,17,19)(H,18,20);1H. The number of benzene rings is 2. The monoisotopic (exact) mass is 305 g/mol. The van der Waals surface area contributed by atoms with Crippen LogP contribution in [0, 0.1) is 0 Å². The minimum atomic E-state index is -0.213. The number of hydrogen-bond acceptors (Lipinski definition) is 2. The Morgan fingerprint density at radius 1 is 0.952 bits per heavy atom. The van der Waals surface area contributed by atoms with E-state index in [0.717, 1.165) is 5.69 Å². The van der Waals surface area contributed by atoms with Crippen molar-refractivity contribution in [2.75, 3.05) is 10.6 Å². The minimum absolute atomic E-state index is 0. The minimum Gasteiger partial charge on any atom is -1.00 e. The second-order valence-corrected chi connectivity index (χ2v) is 4.37. The molecule has 2 rings (SSSR count). The van der Waals surface area contributed by atoms with Gasteiger partial charge < -0.3 is 28.8 Å². The van der Waals surface area contributed by atoms with Gasteiger partial charge in [-0.1, -0.05) is 12.1 Å². The van der Waals surface area contributed by atoms with E-state index in [1.54, 1.807) is 30.3 Å². The summed E-state index contributed by atoms with van der Waals surface area (Å²) in [4.78, 5) is 23.0. The van der Waals surface area contributed by atoms with Crippen LogP contribution in [0.3, 0.4) is 0 Å². The summed E-state index contributed by atoms with van der Waals surface area (Å²) in [5.41, 5.74) is 6.47. The molecule has 0 aromatic heterocycles. The van der Waals surface area contributed by atoms with Gasteiger partial charge in [-0.3, -0.25) is 9.59 Å². The van der Waals surface area contributed by atoms with Gasteiger partial charge in [0.1, 0.15) is 5.69 Å². The van der Waals surface area contributed by atoms with Crippen molar-refractivity contribution in [1.82, 2.24) is 0 Å². The molecule has 0 fully saturated rings. The highest BCUT2D eigenvalue weighted by Crippen LogP contribution is 2.17.